The van der Waals surface area contributed by atoms with Crippen molar-refractivity contribution in [2.24, 2.45) is 0 Å². The van der Waals surface area contributed by atoms with Gasteiger partial charge in [-0.05, 0) is 41.3 Å². The summed E-state index contributed by atoms with van der Waals surface area (Å²) in [6, 6.07) is 13.0. The smallest absolute Gasteiger partial charge is 0.325 e. The van der Waals surface area contributed by atoms with Crippen molar-refractivity contribution < 1.29 is 14.2 Å². The molecule has 154 valence electrons. The van der Waals surface area contributed by atoms with E-state index in [1.165, 1.54) is 11.8 Å². The predicted octanol–water partition coefficient (Wildman–Crippen LogP) is 3.52. The number of nitrogens with zero attached hydrogens (tertiary/aromatic N) is 3. The van der Waals surface area contributed by atoms with Crippen LogP contribution < -0.4 is 19.9 Å². The molecule has 7 nitrogen and oxygen atoms in total. The fraction of sp³-hybridized carbons (Fsp3) is 0.238. The van der Waals surface area contributed by atoms with Gasteiger partial charge < -0.3 is 4.74 Å². The fourth-order valence-corrected chi connectivity index (χ4v) is 4.43. The Labute approximate surface area is 186 Å². The quantitative estimate of drug-likeness (QED) is 0.449. The van der Waals surface area contributed by atoms with Gasteiger partial charge in [-0.3, -0.25) is 14.6 Å². The van der Waals surface area contributed by atoms with Gasteiger partial charge in [-0.1, -0.05) is 46.7 Å². The van der Waals surface area contributed by atoms with E-state index in [1.807, 2.05) is 55.6 Å². The van der Waals surface area contributed by atoms with Crippen LogP contribution in [0.1, 0.15) is 25.1 Å². The topological polar surface area (TPSA) is 79.2 Å². The highest BCUT2D eigenvalue weighted by molar-refractivity contribution is 9.10. The van der Waals surface area contributed by atoms with Gasteiger partial charge in [0.15, 0.2) is 0 Å². The van der Waals surface area contributed by atoms with E-state index in [-0.39, 0.29) is 11.5 Å². The summed E-state index contributed by atoms with van der Waals surface area (Å²) in [5.41, 5.74) is 2.19. The number of amides is 1. The molecule has 0 aliphatic carbocycles. The molecule has 2 heterocycles. The summed E-state index contributed by atoms with van der Waals surface area (Å²) in [5, 5.41) is 5.14. The lowest BCUT2D eigenvalue weighted by molar-refractivity contribution is -0.763. The number of rotatable bonds is 4. The van der Waals surface area contributed by atoms with Crippen molar-refractivity contribution in [2.75, 3.05) is 18.3 Å². The number of methoxy groups -OCH3 is 1. The Hall–Kier alpha value is -2.65. The number of carbonyl (C=O) groups excluding carboxylic acids is 1. The second-order valence-corrected chi connectivity index (χ2v) is 8.36. The van der Waals surface area contributed by atoms with E-state index >= 15 is 0 Å². The van der Waals surface area contributed by atoms with E-state index in [9.17, 15) is 9.59 Å². The van der Waals surface area contributed by atoms with Crippen LogP contribution in [-0.2, 0) is 4.79 Å². The number of ether oxygens (including phenoxy) is 1. The van der Waals surface area contributed by atoms with Crippen LogP contribution in [0.15, 0.2) is 56.9 Å². The Balaban J connectivity index is 2.13. The van der Waals surface area contributed by atoms with Gasteiger partial charge in [0.25, 0.3) is 6.17 Å². The normalized spacial score (nSPS) is 14.8. The maximum atomic E-state index is 13.2. The number of thioether (sulfide) groups is 1. The third-order valence-corrected chi connectivity index (χ3v) is 6.06. The second kappa shape index (κ2) is 8.23. The number of halogens is 1. The molecule has 0 bridgehead atoms. The molecule has 2 aromatic carbocycles. The summed E-state index contributed by atoms with van der Waals surface area (Å²) in [4.78, 5) is 30.8. The molecule has 0 radical (unpaired) electrons. The van der Waals surface area contributed by atoms with E-state index in [1.54, 1.807) is 16.7 Å². The summed E-state index contributed by atoms with van der Waals surface area (Å²) in [6.07, 6.45) is 1.46. The number of aromatic amines is 1. The Morgan fingerprint density at radius 3 is 2.80 bits per heavy atom. The lowest BCUT2D eigenvalue weighted by Crippen LogP contribution is -2.60. The zero-order valence-corrected chi connectivity index (χ0v) is 19.1. The number of H-pyrrole nitrogens is 1. The minimum atomic E-state index is -0.678. The maximum absolute atomic E-state index is 13.2. The van der Waals surface area contributed by atoms with Gasteiger partial charge in [-0.25, -0.2) is 4.90 Å². The van der Waals surface area contributed by atoms with Crippen molar-refractivity contribution in [1.82, 2.24) is 10.1 Å². The number of anilines is 1. The highest BCUT2D eigenvalue weighted by Crippen LogP contribution is 2.40. The summed E-state index contributed by atoms with van der Waals surface area (Å²) >= 11 is 4.85. The van der Waals surface area contributed by atoms with Gasteiger partial charge in [-0.15, -0.1) is 0 Å². The Bertz CT molecular complexity index is 1200. The largest absolute Gasteiger partial charge is 0.496 e. The molecule has 1 aliphatic rings. The van der Waals surface area contributed by atoms with Crippen LogP contribution in [0.3, 0.4) is 0 Å². The average Bonchev–Trinajstić information content (AvgIpc) is 2.77. The first kappa shape index (κ1) is 20.6. The van der Waals surface area contributed by atoms with Gasteiger partial charge in [0.2, 0.25) is 11.1 Å². The van der Waals surface area contributed by atoms with Crippen LogP contribution in [-0.4, -0.2) is 29.4 Å². The minimum absolute atomic E-state index is 0.0830. The van der Waals surface area contributed by atoms with E-state index in [0.29, 0.717) is 34.3 Å². The molecule has 4 rings (SSSR count). The number of aromatic nitrogens is 3. The molecule has 9 heteroatoms. The first-order valence-corrected chi connectivity index (χ1v) is 11.4. The van der Waals surface area contributed by atoms with Crippen molar-refractivity contribution in [1.29, 1.82) is 0 Å². The molecule has 1 N–H and O–H groups in total. The number of hydrogen-bond donors (Lipinski definition) is 1. The molecule has 0 saturated heterocycles. The Kier molecular flexibility index (Phi) is 5.66. The van der Waals surface area contributed by atoms with Crippen molar-refractivity contribution in [3.63, 3.8) is 0 Å². The van der Waals surface area contributed by atoms with E-state index in [2.05, 4.69) is 26.0 Å². The highest BCUT2D eigenvalue weighted by Gasteiger charge is 2.46. The molecular weight excluding hydrogens is 468 g/mol. The number of carbonyl (C=O) groups is 1. The molecule has 1 atom stereocenters. The van der Waals surface area contributed by atoms with Crippen LogP contribution in [0.25, 0.3) is 11.3 Å². The third kappa shape index (κ3) is 3.31. The Morgan fingerprint density at radius 2 is 2.10 bits per heavy atom. The Morgan fingerprint density at radius 1 is 1.33 bits per heavy atom. The average molecular weight is 488 g/mol. The van der Waals surface area contributed by atoms with Crippen LogP contribution in [0.5, 0.6) is 5.75 Å². The highest BCUT2D eigenvalue weighted by atomic mass is 79.9. The minimum Gasteiger partial charge on any atom is -0.496 e. The molecule has 0 fully saturated rings. The third-order valence-electron chi connectivity index (χ3n) is 4.99. The summed E-state index contributed by atoms with van der Waals surface area (Å²) in [6.45, 7) is 1.82. The van der Waals surface area contributed by atoms with E-state index in [4.69, 9.17) is 4.74 Å². The molecule has 1 aliphatic heterocycles. The maximum Gasteiger partial charge on any atom is 0.325 e. The van der Waals surface area contributed by atoms with Crippen LogP contribution in [0.4, 0.5) is 5.69 Å². The molecule has 0 unspecified atom stereocenters. The van der Waals surface area contributed by atoms with Crippen molar-refractivity contribution in [2.45, 2.75) is 24.7 Å². The second-order valence-electron chi connectivity index (χ2n) is 6.65. The van der Waals surface area contributed by atoms with Crippen LogP contribution in [0.2, 0.25) is 0 Å². The predicted molar refractivity (Wildman–Crippen MR) is 119 cm³/mol. The number of para-hydroxylation sites is 1. The van der Waals surface area contributed by atoms with Gasteiger partial charge >= 0.3 is 11.3 Å². The summed E-state index contributed by atoms with van der Waals surface area (Å²) in [5.74, 6) is 0.517. The number of hydrogen-bond acceptors (Lipinski definition) is 5. The van der Waals surface area contributed by atoms with E-state index < -0.39 is 6.17 Å². The van der Waals surface area contributed by atoms with Crippen LogP contribution in [0, 0.1) is 0 Å². The zero-order valence-electron chi connectivity index (χ0n) is 16.7. The molecule has 30 heavy (non-hydrogen) atoms. The van der Waals surface area contributed by atoms with Crippen molar-refractivity contribution in [3.05, 3.63) is 62.9 Å². The summed E-state index contributed by atoms with van der Waals surface area (Å²) in [7, 11) is 1.58. The lowest BCUT2D eigenvalue weighted by atomic mass is 10.0. The van der Waals surface area contributed by atoms with E-state index in [0.717, 1.165) is 10.0 Å². The fourth-order valence-electron chi connectivity index (χ4n) is 3.69. The van der Waals surface area contributed by atoms with Gasteiger partial charge in [0.05, 0.1) is 23.9 Å². The molecule has 3 aromatic rings. The number of benzene rings is 2. The molecule has 1 aromatic heterocycles. The van der Waals surface area contributed by atoms with Crippen molar-refractivity contribution in [3.8, 4) is 17.0 Å². The summed E-state index contributed by atoms with van der Waals surface area (Å²) < 4.78 is 8.08. The number of nitrogens with one attached hydrogen (secondary N) is 1. The standard InChI is InChI=1S/C21H19BrN4O3S/c1-4-17(27)25-15-8-6-5-7-13(15)18-19(28)23-21(30-3)24-26(18)20(25)14-11-12(22)9-10-16(14)29-2/h5-11,20H,4H2,1-3H3/p+1/t20-/m1/s1. The first-order valence-electron chi connectivity index (χ1n) is 9.35. The monoisotopic (exact) mass is 487 g/mol. The van der Waals surface area contributed by atoms with Crippen LogP contribution >= 0.6 is 27.7 Å². The number of fused-ring (bicyclic) bond motifs is 3. The SMILES string of the molecule is CCC(=O)N1c2ccccc2-c2c(=O)[nH]c(SC)n[n+]2[C@@H]1c1cc(Br)ccc1OC. The van der Waals surface area contributed by atoms with Gasteiger partial charge in [0.1, 0.15) is 5.75 Å². The van der Waals surface area contributed by atoms with Crippen molar-refractivity contribution >= 4 is 39.3 Å². The zero-order chi connectivity index (χ0) is 21.4. The first-order chi connectivity index (χ1) is 14.5. The molecule has 0 saturated carbocycles. The lowest BCUT2D eigenvalue weighted by Gasteiger charge is -2.32. The molecule has 1 amide bonds. The molecular formula is C21H20BrN4O3S+. The van der Waals surface area contributed by atoms with Gasteiger partial charge in [0, 0.05) is 16.0 Å². The van der Waals surface area contributed by atoms with Gasteiger partial charge in [-0.2, -0.15) is 0 Å². The molecule has 0 spiro atoms.